The number of nitrogens with zero attached hydrogens (tertiary/aromatic N) is 2. The van der Waals surface area contributed by atoms with Gasteiger partial charge in [-0.3, -0.25) is 5.10 Å². The number of H-pyrrole nitrogens is 1. The highest BCUT2D eigenvalue weighted by atomic mass is 127. The van der Waals surface area contributed by atoms with E-state index >= 15 is 0 Å². The number of nitrogens with one attached hydrogen (secondary N) is 1. The predicted octanol–water partition coefficient (Wildman–Crippen LogP) is 4.61. The summed E-state index contributed by atoms with van der Waals surface area (Å²) in [4.78, 5) is 3.52. The molecule has 3 nitrogen and oxygen atoms in total. The van der Waals surface area contributed by atoms with Gasteiger partial charge in [-0.25, -0.2) is 6.57 Å². The second-order valence-corrected chi connectivity index (χ2v) is 6.07. The number of aromatic nitrogens is 2. The number of aromatic amines is 1. The molecule has 3 rings (SSSR count). The number of rotatable bonds is 4. The van der Waals surface area contributed by atoms with Crippen LogP contribution in [0.3, 0.4) is 0 Å². The van der Waals surface area contributed by atoms with Gasteiger partial charge < -0.3 is 4.85 Å². The lowest BCUT2D eigenvalue weighted by molar-refractivity contribution is 0.735. The van der Waals surface area contributed by atoms with E-state index in [9.17, 15) is 0 Å². The minimum Gasteiger partial charge on any atom is -0.317 e. The van der Waals surface area contributed by atoms with Crippen LogP contribution in [-0.2, 0) is 0 Å². The summed E-state index contributed by atoms with van der Waals surface area (Å²) >= 11 is 2.31. The molecule has 0 aliphatic rings. The number of hydrogen-bond donors (Lipinski definition) is 1. The average Bonchev–Trinajstić information content (AvgIpc) is 2.94. The Labute approximate surface area is 137 Å². The molecular formula is C17H14IN3. The minimum absolute atomic E-state index is 0.184. The van der Waals surface area contributed by atoms with Crippen molar-refractivity contribution in [2.45, 2.75) is 12.3 Å². The van der Waals surface area contributed by atoms with Crippen LogP contribution in [0.25, 0.3) is 15.7 Å². The smallest absolute Gasteiger partial charge is 0.215 e. The van der Waals surface area contributed by atoms with Gasteiger partial charge in [-0.05, 0) is 34.2 Å². The Hall–Kier alpha value is -1.87. The zero-order chi connectivity index (χ0) is 14.7. The highest BCUT2D eigenvalue weighted by Gasteiger charge is 2.20. The van der Waals surface area contributed by atoms with Gasteiger partial charge in [0.2, 0.25) is 6.54 Å². The predicted molar refractivity (Wildman–Crippen MR) is 93.2 cm³/mol. The number of fused-ring (bicyclic) bond motifs is 1. The summed E-state index contributed by atoms with van der Waals surface area (Å²) in [6.45, 7) is 7.60. The molecule has 4 heteroatoms. The molecule has 0 radical (unpaired) electrons. The van der Waals surface area contributed by atoms with E-state index in [-0.39, 0.29) is 5.92 Å². The summed E-state index contributed by atoms with van der Waals surface area (Å²) < 4.78 is 1.14. The zero-order valence-electron chi connectivity index (χ0n) is 11.4. The summed E-state index contributed by atoms with van der Waals surface area (Å²) in [6, 6.07) is 16.6. The number of benzene rings is 2. The Bertz CT molecular complexity index is 787. The molecular weight excluding hydrogens is 373 g/mol. The summed E-state index contributed by atoms with van der Waals surface area (Å²) in [5, 5.41) is 8.82. The molecule has 0 bridgehead atoms. The second kappa shape index (κ2) is 6.27. The third-order valence-corrected chi connectivity index (χ3v) is 4.52. The van der Waals surface area contributed by atoms with Gasteiger partial charge in [0.15, 0.2) is 0 Å². The molecule has 0 aliphatic carbocycles. The molecule has 2 aromatic carbocycles. The van der Waals surface area contributed by atoms with Crippen molar-refractivity contribution in [3.8, 4) is 0 Å². The Morgan fingerprint density at radius 1 is 1.14 bits per heavy atom. The van der Waals surface area contributed by atoms with Gasteiger partial charge in [-0.1, -0.05) is 42.5 Å². The fourth-order valence-corrected chi connectivity index (χ4v) is 3.26. The summed E-state index contributed by atoms with van der Waals surface area (Å²) in [5.41, 5.74) is 3.35. The highest BCUT2D eigenvalue weighted by molar-refractivity contribution is 14.1. The maximum absolute atomic E-state index is 7.08. The summed E-state index contributed by atoms with van der Waals surface area (Å²) in [5.74, 6) is 0.184. The largest absolute Gasteiger partial charge is 0.317 e. The lowest BCUT2D eigenvalue weighted by atomic mass is 9.91. The van der Waals surface area contributed by atoms with Gasteiger partial charge in [0.1, 0.15) is 5.52 Å². The van der Waals surface area contributed by atoms with E-state index in [1.807, 2.05) is 18.2 Å². The molecule has 3 aromatic rings. The number of para-hydroxylation sites is 1. The van der Waals surface area contributed by atoms with E-state index in [1.165, 1.54) is 5.56 Å². The van der Waals surface area contributed by atoms with Gasteiger partial charge in [-0.2, -0.15) is 5.10 Å². The van der Waals surface area contributed by atoms with Crippen molar-refractivity contribution in [1.29, 1.82) is 0 Å². The van der Waals surface area contributed by atoms with Crippen molar-refractivity contribution >= 4 is 33.5 Å². The SMILES string of the molecule is [C-]#[N+]CCC(c1ccccc1)c1[nH]nc2c(I)cccc12. The normalized spacial score (nSPS) is 12.2. The number of hydrogen-bond acceptors (Lipinski definition) is 1. The van der Waals surface area contributed by atoms with Crippen LogP contribution in [0, 0.1) is 10.1 Å². The second-order valence-electron chi connectivity index (χ2n) is 4.91. The van der Waals surface area contributed by atoms with Crippen molar-refractivity contribution < 1.29 is 0 Å². The van der Waals surface area contributed by atoms with Crippen molar-refractivity contribution in [3.63, 3.8) is 0 Å². The van der Waals surface area contributed by atoms with Crippen LogP contribution in [0.15, 0.2) is 48.5 Å². The third-order valence-electron chi connectivity index (χ3n) is 3.65. The monoisotopic (exact) mass is 387 g/mol. The first-order chi connectivity index (χ1) is 10.3. The Kier molecular flexibility index (Phi) is 4.20. The highest BCUT2D eigenvalue weighted by Crippen LogP contribution is 2.32. The van der Waals surface area contributed by atoms with Crippen molar-refractivity contribution in [3.05, 3.63) is 74.8 Å². The molecule has 0 saturated heterocycles. The van der Waals surface area contributed by atoms with Gasteiger partial charge >= 0.3 is 0 Å². The first-order valence-electron chi connectivity index (χ1n) is 6.82. The van der Waals surface area contributed by atoms with Crippen LogP contribution in [0.5, 0.6) is 0 Å². The van der Waals surface area contributed by atoms with Crippen molar-refractivity contribution in [2.24, 2.45) is 0 Å². The maximum Gasteiger partial charge on any atom is 0.215 e. The quantitative estimate of drug-likeness (QED) is 0.515. The van der Waals surface area contributed by atoms with Crippen molar-refractivity contribution in [1.82, 2.24) is 10.2 Å². The van der Waals surface area contributed by atoms with Crippen LogP contribution >= 0.6 is 22.6 Å². The Morgan fingerprint density at radius 2 is 1.95 bits per heavy atom. The van der Waals surface area contributed by atoms with Crippen LogP contribution in [0.4, 0.5) is 0 Å². The maximum atomic E-state index is 7.08. The zero-order valence-corrected chi connectivity index (χ0v) is 13.5. The fraction of sp³-hybridized carbons (Fsp3) is 0.176. The van der Waals surface area contributed by atoms with Crippen LogP contribution in [0.1, 0.15) is 23.6 Å². The minimum atomic E-state index is 0.184. The summed E-state index contributed by atoms with van der Waals surface area (Å²) in [7, 11) is 0. The molecule has 0 aliphatic heterocycles. The lowest BCUT2D eigenvalue weighted by Gasteiger charge is -2.14. The molecule has 1 heterocycles. The first-order valence-corrected chi connectivity index (χ1v) is 7.90. The van der Waals surface area contributed by atoms with E-state index in [0.29, 0.717) is 6.54 Å². The Balaban J connectivity index is 2.11. The molecule has 1 unspecified atom stereocenters. The van der Waals surface area contributed by atoms with E-state index in [2.05, 4.69) is 68.0 Å². The van der Waals surface area contributed by atoms with Gasteiger partial charge in [-0.15, -0.1) is 0 Å². The average molecular weight is 387 g/mol. The molecule has 0 amide bonds. The molecule has 0 saturated carbocycles. The van der Waals surface area contributed by atoms with E-state index in [4.69, 9.17) is 6.57 Å². The van der Waals surface area contributed by atoms with E-state index in [1.54, 1.807) is 0 Å². The molecule has 1 N–H and O–H groups in total. The third kappa shape index (κ3) is 2.79. The fourth-order valence-electron chi connectivity index (χ4n) is 2.64. The molecule has 0 spiro atoms. The molecule has 1 aromatic heterocycles. The van der Waals surface area contributed by atoms with Gasteiger partial charge in [0, 0.05) is 21.3 Å². The molecule has 104 valence electrons. The van der Waals surface area contributed by atoms with E-state index < -0.39 is 0 Å². The van der Waals surface area contributed by atoms with Crippen LogP contribution < -0.4 is 0 Å². The van der Waals surface area contributed by atoms with Crippen LogP contribution in [0.2, 0.25) is 0 Å². The standard InChI is InChI=1S/C17H14IN3/c1-19-11-10-13(12-6-3-2-4-7-12)16-14-8-5-9-15(18)17(14)21-20-16/h2-9,13H,10-11H2,(H,20,21). The van der Waals surface area contributed by atoms with Gasteiger partial charge in [0.05, 0.1) is 5.69 Å². The van der Waals surface area contributed by atoms with Crippen molar-refractivity contribution in [2.75, 3.05) is 6.54 Å². The molecule has 1 atom stereocenters. The topological polar surface area (TPSA) is 33.0 Å². The van der Waals surface area contributed by atoms with Gasteiger partial charge in [0.25, 0.3) is 0 Å². The summed E-state index contributed by atoms with van der Waals surface area (Å²) in [6.07, 6.45) is 0.802. The van der Waals surface area contributed by atoms with Crippen LogP contribution in [-0.4, -0.2) is 16.7 Å². The lowest BCUT2D eigenvalue weighted by Crippen LogP contribution is -2.03. The molecule has 0 fully saturated rings. The molecule has 21 heavy (non-hydrogen) atoms. The Morgan fingerprint density at radius 3 is 2.71 bits per heavy atom. The first kappa shape index (κ1) is 14.1. The van der Waals surface area contributed by atoms with E-state index in [0.717, 1.165) is 26.6 Å². The number of halogens is 1.